The number of urea groups is 1. The van der Waals surface area contributed by atoms with Gasteiger partial charge in [-0.3, -0.25) is 0 Å². The molecule has 0 saturated carbocycles. The van der Waals surface area contributed by atoms with E-state index in [1.54, 1.807) is 18.3 Å². The summed E-state index contributed by atoms with van der Waals surface area (Å²) in [6.45, 7) is 4.99. The Morgan fingerprint density at radius 3 is 2.42 bits per heavy atom. The van der Waals surface area contributed by atoms with Gasteiger partial charge in [-0.15, -0.1) is 0 Å². The van der Waals surface area contributed by atoms with Crippen molar-refractivity contribution in [3.63, 3.8) is 0 Å². The van der Waals surface area contributed by atoms with Gasteiger partial charge in [0.2, 0.25) is 0 Å². The van der Waals surface area contributed by atoms with Crippen molar-refractivity contribution < 1.29 is 9.90 Å². The summed E-state index contributed by atoms with van der Waals surface area (Å²) in [5.74, 6) is 0.399. The molecule has 0 bridgehead atoms. The molecule has 0 fully saturated rings. The van der Waals surface area contributed by atoms with Gasteiger partial charge in [0.15, 0.2) is 0 Å². The molecule has 3 unspecified atom stereocenters. The Balaban J connectivity index is 1.81. The van der Waals surface area contributed by atoms with Crippen LogP contribution >= 0.6 is 11.3 Å². The molecule has 1 aromatic carbocycles. The zero-order valence-corrected chi connectivity index (χ0v) is 15.1. The molecule has 2 rings (SSSR count). The molecule has 0 aliphatic carbocycles. The molecule has 3 atom stereocenters. The van der Waals surface area contributed by atoms with E-state index in [0.29, 0.717) is 25.4 Å². The summed E-state index contributed by atoms with van der Waals surface area (Å²) in [6, 6.07) is 11.9. The van der Waals surface area contributed by atoms with Crippen LogP contribution in [0.2, 0.25) is 0 Å². The van der Waals surface area contributed by atoms with Gasteiger partial charge in [-0.25, -0.2) is 4.79 Å². The quantitative estimate of drug-likeness (QED) is 0.682. The summed E-state index contributed by atoms with van der Waals surface area (Å²) in [5, 5.41) is 19.7. The Bertz CT molecular complexity index is 599. The van der Waals surface area contributed by atoms with E-state index in [4.69, 9.17) is 0 Å². The van der Waals surface area contributed by atoms with E-state index >= 15 is 0 Å². The van der Waals surface area contributed by atoms with Crippen LogP contribution in [0.15, 0.2) is 47.2 Å². The molecule has 1 aromatic heterocycles. The first kappa shape index (κ1) is 18.5. The second kappa shape index (κ2) is 9.45. The summed E-state index contributed by atoms with van der Waals surface area (Å²) in [7, 11) is 0. The molecule has 130 valence electrons. The van der Waals surface area contributed by atoms with Gasteiger partial charge in [0.1, 0.15) is 0 Å². The molecule has 0 spiro atoms. The Morgan fingerprint density at radius 1 is 1.08 bits per heavy atom. The van der Waals surface area contributed by atoms with E-state index in [1.165, 1.54) is 5.56 Å². The molecule has 2 aromatic rings. The predicted molar refractivity (Wildman–Crippen MR) is 99.6 cm³/mol. The summed E-state index contributed by atoms with van der Waals surface area (Å²) in [4.78, 5) is 12.1. The zero-order valence-electron chi connectivity index (χ0n) is 14.2. The fourth-order valence-corrected chi connectivity index (χ4v) is 3.45. The summed E-state index contributed by atoms with van der Waals surface area (Å²) in [5.41, 5.74) is 2.38. The first-order chi connectivity index (χ1) is 11.6. The van der Waals surface area contributed by atoms with Crippen molar-refractivity contribution in [1.29, 1.82) is 0 Å². The molecule has 0 saturated heterocycles. The number of hydrogen-bond acceptors (Lipinski definition) is 3. The van der Waals surface area contributed by atoms with Crippen LogP contribution in [0.4, 0.5) is 4.79 Å². The molecule has 0 radical (unpaired) electrons. The lowest BCUT2D eigenvalue weighted by Crippen LogP contribution is -2.39. The van der Waals surface area contributed by atoms with Gasteiger partial charge in [0.05, 0.1) is 6.10 Å². The van der Waals surface area contributed by atoms with Gasteiger partial charge in [-0.1, -0.05) is 37.3 Å². The average molecular weight is 346 g/mol. The minimum Gasteiger partial charge on any atom is -0.393 e. The topological polar surface area (TPSA) is 61.4 Å². The SMILES string of the molecule is CC(O)CC(CNC(=O)NCC(C)c1ccsc1)c1ccccc1. The number of carbonyl (C=O) groups excluding carboxylic acids is 1. The number of carbonyl (C=O) groups is 1. The minimum atomic E-state index is -0.404. The van der Waals surface area contributed by atoms with Gasteiger partial charge in [-0.05, 0) is 47.2 Å². The average Bonchev–Trinajstić information content (AvgIpc) is 3.11. The Morgan fingerprint density at radius 2 is 1.79 bits per heavy atom. The van der Waals surface area contributed by atoms with Crippen molar-refractivity contribution in [2.24, 2.45) is 0 Å². The van der Waals surface area contributed by atoms with E-state index in [-0.39, 0.29) is 11.9 Å². The first-order valence-electron chi connectivity index (χ1n) is 8.33. The number of amides is 2. The van der Waals surface area contributed by atoms with Crippen LogP contribution in [0.5, 0.6) is 0 Å². The van der Waals surface area contributed by atoms with Crippen molar-refractivity contribution in [3.05, 3.63) is 58.3 Å². The molecular formula is C19H26N2O2S. The predicted octanol–water partition coefficient (Wildman–Crippen LogP) is 3.71. The Labute approximate surface area is 147 Å². The van der Waals surface area contributed by atoms with Crippen LogP contribution in [0.25, 0.3) is 0 Å². The second-order valence-corrected chi connectivity index (χ2v) is 7.02. The van der Waals surface area contributed by atoms with E-state index in [1.807, 2.05) is 35.7 Å². The van der Waals surface area contributed by atoms with Gasteiger partial charge >= 0.3 is 6.03 Å². The van der Waals surface area contributed by atoms with Crippen LogP contribution in [0.3, 0.4) is 0 Å². The van der Waals surface area contributed by atoms with Gasteiger partial charge < -0.3 is 15.7 Å². The highest BCUT2D eigenvalue weighted by Crippen LogP contribution is 2.20. The second-order valence-electron chi connectivity index (χ2n) is 6.24. The number of aliphatic hydroxyl groups excluding tert-OH is 1. The Hall–Kier alpha value is -1.85. The maximum Gasteiger partial charge on any atom is 0.314 e. The van der Waals surface area contributed by atoms with Crippen LogP contribution in [0.1, 0.15) is 43.2 Å². The van der Waals surface area contributed by atoms with Crippen molar-refractivity contribution in [1.82, 2.24) is 10.6 Å². The van der Waals surface area contributed by atoms with E-state index < -0.39 is 6.10 Å². The third-order valence-electron chi connectivity index (χ3n) is 4.09. The van der Waals surface area contributed by atoms with Crippen LogP contribution in [-0.4, -0.2) is 30.3 Å². The lowest BCUT2D eigenvalue weighted by molar-refractivity contribution is 0.173. The number of benzene rings is 1. The van der Waals surface area contributed by atoms with Gasteiger partial charge in [0, 0.05) is 19.0 Å². The fraction of sp³-hybridized carbons (Fsp3) is 0.421. The molecule has 0 aliphatic heterocycles. The smallest absolute Gasteiger partial charge is 0.314 e. The number of nitrogens with one attached hydrogen (secondary N) is 2. The monoisotopic (exact) mass is 346 g/mol. The maximum absolute atomic E-state index is 12.1. The highest BCUT2D eigenvalue weighted by atomic mass is 32.1. The lowest BCUT2D eigenvalue weighted by atomic mass is 9.93. The number of thiophene rings is 1. The van der Waals surface area contributed by atoms with E-state index in [0.717, 1.165) is 5.56 Å². The number of hydrogen-bond donors (Lipinski definition) is 3. The van der Waals surface area contributed by atoms with Crippen LogP contribution < -0.4 is 10.6 Å². The highest BCUT2D eigenvalue weighted by Gasteiger charge is 2.15. The normalized spacial score (nSPS) is 14.6. The first-order valence-corrected chi connectivity index (χ1v) is 9.27. The van der Waals surface area contributed by atoms with Crippen LogP contribution in [-0.2, 0) is 0 Å². The van der Waals surface area contributed by atoms with E-state index in [9.17, 15) is 9.90 Å². The molecule has 2 amide bonds. The maximum atomic E-state index is 12.1. The zero-order chi connectivity index (χ0) is 17.4. The minimum absolute atomic E-state index is 0.103. The van der Waals surface area contributed by atoms with Gasteiger partial charge in [-0.2, -0.15) is 11.3 Å². The number of aliphatic hydroxyl groups is 1. The Kier molecular flexibility index (Phi) is 7.28. The standard InChI is InChI=1S/C19H26N2O2S/c1-14(17-8-9-24-13-17)11-20-19(23)21-12-18(10-15(2)22)16-6-4-3-5-7-16/h3-9,13-15,18,22H,10-12H2,1-2H3,(H2,20,21,23). The third kappa shape index (κ3) is 5.98. The molecule has 4 nitrogen and oxygen atoms in total. The summed E-state index contributed by atoms with van der Waals surface area (Å²) in [6.07, 6.45) is 0.217. The molecule has 0 aliphatic rings. The number of rotatable bonds is 8. The highest BCUT2D eigenvalue weighted by molar-refractivity contribution is 7.07. The van der Waals surface area contributed by atoms with Crippen molar-refractivity contribution in [3.8, 4) is 0 Å². The summed E-state index contributed by atoms with van der Waals surface area (Å²) >= 11 is 1.67. The van der Waals surface area contributed by atoms with Crippen molar-refractivity contribution in [2.45, 2.75) is 38.2 Å². The molecule has 5 heteroatoms. The lowest BCUT2D eigenvalue weighted by Gasteiger charge is -2.20. The third-order valence-corrected chi connectivity index (χ3v) is 4.79. The van der Waals surface area contributed by atoms with Gasteiger partial charge in [0.25, 0.3) is 0 Å². The van der Waals surface area contributed by atoms with Crippen molar-refractivity contribution >= 4 is 17.4 Å². The fourth-order valence-electron chi connectivity index (χ4n) is 2.67. The molecular weight excluding hydrogens is 320 g/mol. The van der Waals surface area contributed by atoms with E-state index in [2.05, 4.69) is 29.0 Å². The largest absolute Gasteiger partial charge is 0.393 e. The van der Waals surface area contributed by atoms with Crippen LogP contribution in [0, 0.1) is 0 Å². The molecule has 1 heterocycles. The molecule has 3 N–H and O–H groups in total. The molecule has 24 heavy (non-hydrogen) atoms. The summed E-state index contributed by atoms with van der Waals surface area (Å²) < 4.78 is 0. The van der Waals surface area contributed by atoms with Crippen molar-refractivity contribution in [2.75, 3.05) is 13.1 Å².